The molecule has 0 spiro atoms. The van der Waals surface area contributed by atoms with Gasteiger partial charge in [0.05, 0.1) is 16.8 Å². The first-order valence-corrected chi connectivity index (χ1v) is 8.67. The van der Waals surface area contributed by atoms with Crippen molar-refractivity contribution in [2.24, 2.45) is 11.8 Å². The van der Waals surface area contributed by atoms with Gasteiger partial charge in [0.15, 0.2) is 0 Å². The molecule has 0 saturated heterocycles. The molecule has 1 aromatic heterocycles. The largest absolute Gasteiger partial charge is 0.481 e. The Morgan fingerprint density at radius 3 is 2.54 bits per heavy atom. The van der Waals surface area contributed by atoms with Crippen LogP contribution in [0.4, 0.5) is 0 Å². The number of amides is 1. The van der Waals surface area contributed by atoms with E-state index >= 15 is 0 Å². The lowest BCUT2D eigenvalue weighted by molar-refractivity contribution is -0.143. The predicted molar refractivity (Wildman–Crippen MR) is 94.9 cm³/mol. The number of nitrogens with zero attached hydrogens (tertiary/aromatic N) is 1. The standard InChI is InChI=1S/C18H21N3O5/c22-15(19-9-11-5-7-12(8-6-11)17(24)25)10-21-16(23)13-3-1-2-4-14(13)20-18(21)26/h1-4,11-12H,5-10H2,(H,19,22)(H,20,26)(H,24,25). The molecule has 0 radical (unpaired) electrons. The number of aromatic nitrogens is 2. The molecule has 1 aliphatic carbocycles. The van der Waals surface area contributed by atoms with Gasteiger partial charge < -0.3 is 15.4 Å². The van der Waals surface area contributed by atoms with Crippen LogP contribution in [0, 0.1) is 11.8 Å². The maximum Gasteiger partial charge on any atom is 0.329 e. The van der Waals surface area contributed by atoms with Crippen molar-refractivity contribution in [2.45, 2.75) is 32.2 Å². The minimum atomic E-state index is -0.762. The molecule has 3 N–H and O–H groups in total. The summed E-state index contributed by atoms with van der Waals surface area (Å²) in [6.07, 6.45) is 2.71. The number of carbonyl (C=O) groups excluding carboxylic acids is 1. The van der Waals surface area contributed by atoms with Gasteiger partial charge in [-0.2, -0.15) is 0 Å². The Hall–Kier alpha value is -2.90. The average Bonchev–Trinajstić information content (AvgIpc) is 2.64. The Kier molecular flexibility index (Phi) is 5.20. The molecule has 8 nitrogen and oxygen atoms in total. The lowest BCUT2D eigenvalue weighted by atomic mass is 9.82. The normalized spacial score (nSPS) is 20.0. The van der Waals surface area contributed by atoms with E-state index < -0.39 is 23.1 Å². The van der Waals surface area contributed by atoms with Crippen LogP contribution < -0.4 is 16.6 Å². The number of fused-ring (bicyclic) bond motifs is 1. The molecule has 1 aliphatic rings. The molecular weight excluding hydrogens is 338 g/mol. The molecule has 1 fully saturated rings. The Morgan fingerprint density at radius 1 is 1.15 bits per heavy atom. The summed E-state index contributed by atoms with van der Waals surface area (Å²) in [4.78, 5) is 50.2. The quantitative estimate of drug-likeness (QED) is 0.725. The zero-order valence-corrected chi connectivity index (χ0v) is 14.2. The van der Waals surface area contributed by atoms with Crippen molar-refractivity contribution in [3.63, 3.8) is 0 Å². The number of nitrogens with one attached hydrogen (secondary N) is 2. The second kappa shape index (κ2) is 7.55. The van der Waals surface area contributed by atoms with Crippen LogP contribution in [0.25, 0.3) is 10.9 Å². The summed E-state index contributed by atoms with van der Waals surface area (Å²) >= 11 is 0. The number of H-pyrrole nitrogens is 1. The summed E-state index contributed by atoms with van der Waals surface area (Å²) in [7, 11) is 0. The minimum absolute atomic E-state index is 0.223. The molecular formula is C18H21N3O5. The first-order valence-electron chi connectivity index (χ1n) is 8.67. The molecule has 1 heterocycles. The van der Waals surface area contributed by atoms with Crippen molar-refractivity contribution >= 4 is 22.8 Å². The number of aromatic amines is 1. The van der Waals surface area contributed by atoms with Crippen molar-refractivity contribution in [1.29, 1.82) is 0 Å². The fourth-order valence-electron chi connectivity index (χ4n) is 3.41. The van der Waals surface area contributed by atoms with Crippen molar-refractivity contribution in [3.8, 4) is 0 Å². The van der Waals surface area contributed by atoms with Crippen molar-refractivity contribution in [1.82, 2.24) is 14.9 Å². The number of para-hydroxylation sites is 1. The van der Waals surface area contributed by atoms with Gasteiger partial charge in [0.1, 0.15) is 6.54 Å². The van der Waals surface area contributed by atoms with Crippen molar-refractivity contribution in [3.05, 3.63) is 45.1 Å². The molecule has 1 saturated carbocycles. The topological polar surface area (TPSA) is 121 Å². The number of benzene rings is 1. The Balaban J connectivity index is 1.61. The van der Waals surface area contributed by atoms with E-state index in [1.165, 1.54) is 0 Å². The summed E-state index contributed by atoms with van der Waals surface area (Å²) in [6, 6.07) is 6.65. The molecule has 1 aromatic carbocycles. The van der Waals surface area contributed by atoms with E-state index in [-0.39, 0.29) is 18.4 Å². The van der Waals surface area contributed by atoms with Gasteiger partial charge in [-0.15, -0.1) is 0 Å². The summed E-state index contributed by atoms with van der Waals surface area (Å²) in [5.74, 6) is -1.24. The SMILES string of the molecule is O=C(Cn1c(=O)[nH]c2ccccc2c1=O)NCC1CCC(C(=O)O)CC1. The number of aliphatic carboxylic acids is 1. The van der Waals surface area contributed by atoms with E-state index in [9.17, 15) is 19.2 Å². The van der Waals surface area contributed by atoms with Crippen molar-refractivity contribution in [2.75, 3.05) is 6.54 Å². The lowest BCUT2D eigenvalue weighted by Gasteiger charge is -2.26. The number of hydrogen-bond donors (Lipinski definition) is 3. The summed E-state index contributed by atoms with van der Waals surface area (Å²) in [5.41, 5.74) is -0.679. The van der Waals surface area contributed by atoms with Crippen LogP contribution in [-0.4, -0.2) is 33.1 Å². The molecule has 138 valence electrons. The third-order valence-corrected chi connectivity index (χ3v) is 4.97. The molecule has 0 bridgehead atoms. The van der Waals surface area contributed by atoms with E-state index in [0.717, 1.165) is 17.4 Å². The fourth-order valence-corrected chi connectivity index (χ4v) is 3.41. The summed E-state index contributed by atoms with van der Waals surface area (Å²) < 4.78 is 0.888. The molecule has 26 heavy (non-hydrogen) atoms. The first kappa shape index (κ1) is 17.9. The highest BCUT2D eigenvalue weighted by molar-refractivity contribution is 5.78. The predicted octanol–water partition coefficient (Wildman–Crippen LogP) is 0.697. The van der Waals surface area contributed by atoms with Crippen LogP contribution in [0.5, 0.6) is 0 Å². The maximum atomic E-state index is 12.4. The molecule has 3 rings (SSSR count). The molecule has 1 amide bonds. The van der Waals surface area contributed by atoms with Gasteiger partial charge in [-0.3, -0.25) is 19.0 Å². The highest BCUT2D eigenvalue weighted by Crippen LogP contribution is 2.28. The van der Waals surface area contributed by atoms with Crippen LogP contribution in [-0.2, 0) is 16.1 Å². The molecule has 2 aromatic rings. The van der Waals surface area contributed by atoms with Gasteiger partial charge >= 0.3 is 11.7 Å². The Morgan fingerprint density at radius 2 is 1.85 bits per heavy atom. The number of hydrogen-bond acceptors (Lipinski definition) is 4. The smallest absolute Gasteiger partial charge is 0.329 e. The molecule has 0 atom stereocenters. The minimum Gasteiger partial charge on any atom is -0.481 e. The van der Waals surface area contributed by atoms with Crippen LogP contribution >= 0.6 is 0 Å². The van der Waals surface area contributed by atoms with Gasteiger partial charge in [0.2, 0.25) is 5.91 Å². The monoisotopic (exact) mass is 359 g/mol. The third kappa shape index (κ3) is 3.84. The zero-order valence-electron chi connectivity index (χ0n) is 14.2. The second-order valence-corrected chi connectivity index (χ2v) is 6.73. The third-order valence-electron chi connectivity index (χ3n) is 4.97. The first-order chi connectivity index (χ1) is 12.5. The van der Waals surface area contributed by atoms with E-state index in [1.54, 1.807) is 24.3 Å². The van der Waals surface area contributed by atoms with Crippen LogP contribution in [0.15, 0.2) is 33.9 Å². The number of carbonyl (C=O) groups is 2. The number of carboxylic acid groups (broad SMARTS) is 1. The molecule has 8 heteroatoms. The van der Waals surface area contributed by atoms with E-state index in [4.69, 9.17) is 5.11 Å². The number of carboxylic acids is 1. The van der Waals surface area contributed by atoms with Gasteiger partial charge in [-0.25, -0.2) is 4.79 Å². The molecule has 0 aliphatic heterocycles. The lowest BCUT2D eigenvalue weighted by Crippen LogP contribution is -2.41. The zero-order chi connectivity index (χ0) is 18.7. The summed E-state index contributed by atoms with van der Waals surface area (Å²) in [6.45, 7) is 0.0783. The van der Waals surface area contributed by atoms with Crippen LogP contribution in [0.1, 0.15) is 25.7 Å². The van der Waals surface area contributed by atoms with Gasteiger partial charge in [-0.05, 0) is 43.7 Å². The summed E-state index contributed by atoms with van der Waals surface area (Å²) in [5, 5.41) is 12.1. The van der Waals surface area contributed by atoms with Gasteiger partial charge in [0, 0.05) is 6.54 Å². The van der Waals surface area contributed by atoms with E-state index in [1.807, 2.05) is 0 Å². The Labute approximate surface area is 148 Å². The number of rotatable bonds is 5. The molecule has 0 unspecified atom stereocenters. The van der Waals surface area contributed by atoms with Gasteiger partial charge in [0.25, 0.3) is 5.56 Å². The maximum absolute atomic E-state index is 12.4. The van der Waals surface area contributed by atoms with Crippen molar-refractivity contribution < 1.29 is 14.7 Å². The second-order valence-electron chi connectivity index (χ2n) is 6.73. The van der Waals surface area contributed by atoms with Crippen LogP contribution in [0.3, 0.4) is 0 Å². The average molecular weight is 359 g/mol. The fraction of sp³-hybridized carbons (Fsp3) is 0.444. The van der Waals surface area contributed by atoms with Crippen LogP contribution in [0.2, 0.25) is 0 Å². The highest BCUT2D eigenvalue weighted by atomic mass is 16.4. The van der Waals surface area contributed by atoms with E-state index in [2.05, 4.69) is 10.3 Å². The Bertz CT molecular complexity index is 938. The van der Waals surface area contributed by atoms with Gasteiger partial charge in [-0.1, -0.05) is 12.1 Å². The highest BCUT2D eigenvalue weighted by Gasteiger charge is 2.26. The van der Waals surface area contributed by atoms with E-state index in [0.29, 0.717) is 30.3 Å².